The SMILES string of the molecule is Cc1c(Cl)cnn1C(C)C(NC(=O)OC(C)(C)C)C(=O)O. The van der Waals surface area contributed by atoms with Crippen molar-refractivity contribution < 1.29 is 19.4 Å². The Hall–Kier alpha value is -1.76. The Balaban J connectivity index is 2.90. The number of amides is 1. The van der Waals surface area contributed by atoms with Crippen LogP contribution in [0.2, 0.25) is 5.02 Å². The number of hydrogen-bond donors (Lipinski definition) is 2. The van der Waals surface area contributed by atoms with Gasteiger partial charge >= 0.3 is 12.1 Å². The van der Waals surface area contributed by atoms with E-state index in [1.54, 1.807) is 34.6 Å². The van der Waals surface area contributed by atoms with Crippen molar-refractivity contribution in [2.24, 2.45) is 0 Å². The van der Waals surface area contributed by atoms with Crippen LogP contribution in [0.3, 0.4) is 0 Å². The molecule has 0 saturated carbocycles. The second-order valence-corrected chi connectivity index (χ2v) is 6.13. The number of ether oxygens (including phenoxy) is 1. The summed E-state index contributed by atoms with van der Waals surface area (Å²) < 4.78 is 6.53. The average Bonchev–Trinajstić information content (AvgIpc) is 2.64. The Kier molecular flexibility index (Phi) is 5.22. The summed E-state index contributed by atoms with van der Waals surface area (Å²) in [4.78, 5) is 23.1. The third kappa shape index (κ3) is 4.63. The van der Waals surface area contributed by atoms with E-state index in [1.807, 2.05) is 0 Å². The lowest BCUT2D eigenvalue weighted by Crippen LogP contribution is -2.47. The van der Waals surface area contributed by atoms with Crippen molar-refractivity contribution in [1.29, 1.82) is 0 Å². The molecule has 0 saturated heterocycles. The molecule has 1 amide bonds. The third-order valence-electron chi connectivity index (χ3n) is 2.79. The normalized spacial score (nSPS) is 14.4. The number of rotatable bonds is 4. The highest BCUT2D eigenvalue weighted by atomic mass is 35.5. The summed E-state index contributed by atoms with van der Waals surface area (Å²) in [5.41, 5.74) is -0.0807. The van der Waals surface area contributed by atoms with Gasteiger partial charge < -0.3 is 15.2 Å². The number of hydrogen-bond acceptors (Lipinski definition) is 4. The summed E-state index contributed by atoms with van der Waals surface area (Å²) in [5.74, 6) is -1.18. The largest absolute Gasteiger partial charge is 0.480 e. The van der Waals surface area contributed by atoms with E-state index in [-0.39, 0.29) is 0 Å². The molecule has 118 valence electrons. The highest BCUT2D eigenvalue weighted by molar-refractivity contribution is 6.31. The van der Waals surface area contributed by atoms with E-state index in [9.17, 15) is 14.7 Å². The van der Waals surface area contributed by atoms with Crippen LogP contribution in [0.25, 0.3) is 0 Å². The van der Waals surface area contributed by atoms with E-state index in [1.165, 1.54) is 10.9 Å². The molecule has 0 bridgehead atoms. The minimum absolute atomic E-state index is 0.434. The maximum absolute atomic E-state index is 11.7. The van der Waals surface area contributed by atoms with Crippen LogP contribution in [0.4, 0.5) is 4.79 Å². The van der Waals surface area contributed by atoms with Crippen molar-refractivity contribution in [3.8, 4) is 0 Å². The van der Waals surface area contributed by atoms with Crippen molar-refractivity contribution in [2.75, 3.05) is 0 Å². The molecular weight excluding hydrogens is 298 g/mol. The average molecular weight is 318 g/mol. The first kappa shape index (κ1) is 17.3. The zero-order valence-corrected chi connectivity index (χ0v) is 13.4. The second kappa shape index (κ2) is 6.34. The number of nitrogens with one attached hydrogen (secondary N) is 1. The number of carbonyl (C=O) groups excluding carboxylic acids is 1. The van der Waals surface area contributed by atoms with E-state index in [0.29, 0.717) is 10.7 Å². The smallest absolute Gasteiger partial charge is 0.408 e. The highest BCUT2D eigenvalue weighted by Crippen LogP contribution is 2.20. The molecule has 8 heteroatoms. The van der Waals surface area contributed by atoms with Crippen LogP contribution in [0.15, 0.2) is 6.20 Å². The number of aliphatic carboxylic acids is 1. The number of aromatic nitrogens is 2. The van der Waals surface area contributed by atoms with Gasteiger partial charge in [0.2, 0.25) is 0 Å². The number of nitrogens with zero attached hydrogens (tertiary/aromatic N) is 2. The van der Waals surface area contributed by atoms with Crippen molar-refractivity contribution in [2.45, 2.75) is 52.3 Å². The van der Waals surface area contributed by atoms with E-state index < -0.39 is 29.7 Å². The number of carbonyl (C=O) groups is 2. The first-order valence-electron chi connectivity index (χ1n) is 6.45. The fourth-order valence-corrected chi connectivity index (χ4v) is 1.91. The molecule has 0 aromatic carbocycles. The standard InChI is InChI=1S/C13H20ClN3O4/c1-7-9(14)6-15-17(7)8(2)10(11(18)19)16-12(20)21-13(3,4)5/h6,8,10H,1-5H3,(H,16,20)(H,18,19). The Labute approximate surface area is 128 Å². The minimum atomic E-state index is -1.19. The van der Waals surface area contributed by atoms with Gasteiger partial charge in [0.05, 0.1) is 23.0 Å². The van der Waals surface area contributed by atoms with Crippen molar-refractivity contribution in [3.05, 3.63) is 16.9 Å². The lowest BCUT2D eigenvalue weighted by Gasteiger charge is -2.25. The van der Waals surface area contributed by atoms with Gasteiger partial charge in [-0.15, -0.1) is 0 Å². The van der Waals surface area contributed by atoms with E-state index in [0.717, 1.165) is 0 Å². The lowest BCUT2D eigenvalue weighted by atomic mass is 10.1. The lowest BCUT2D eigenvalue weighted by molar-refractivity contribution is -0.140. The van der Waals surface area contributed by atoms with Crippen LogP contribution < -0.4 is 5.32 Å². The molecule has 1 heterocycles. The first-order valence-corrected chi connectivity index (χ1v) is 6.82. The van der Waals surface area contributed by atoms with Crippen LogP contribution in [0.1, 0.15) is 39.4 Å². The van der Waals surface area contributed by atoms with Gasteiger partial charge in [0.1, 0.15) is 5.60 Å². The Morgan fingerprint density at radius 2 is 2.05 bits per heavy atom. The van der Waals surface area contributed by atoms with Crippen molar-refractivity contribution in [3.63, 3.8) is 0 Å². The highest BCUT2D eigenvalue weighted by Gasteiger charge is 2.31. The molecule has 2 unspecified atom stereocenters. The van der Waals surface area contributed by atoms with Crippen LogP contribution in [-0.4, -0.2) is 38.6 Å². The van der Waals surface area contributed by atoms with E-state index >= 15 is 0 Å². The van der Waals surface area contributed by atoms with Crippen LogP contribution >= 0.6 is 11.6 Å². The molecule has 0 fully saturated rings. The summed E-state index contributed by atoms with van der Waals surface area (Å²) in [6.45, 7) is 8.44. The van der Waals surface area contributed by atoms with Crippen LogP contribution in [0.5, 0.6) is 0 Å². The van der Waals surface area contributed by atoms with Gasteiger partial charge in [0.15, 0.2) is 6.04 Å². The zero-order valence-electron chi connectivity index (χ0n) is 12.7. The molecule has 1 aromatic heterocycles. The molecule has 21 heavy (non-hydrogen) atoms. The molecule has 0 spiro atoms. The molecule has 2 N–H and O–H groups in total. The molecule has 0 aliphatic carbocycles. The summed E-state index contributed by atoms with van der Waals surface area (Å²) in [6, 6.07) is -1.81. The maximum atomic E-state index is 11.7. The predicted molar refractivity (Wildman–Crippen MR) is 77.5 cm³/mol. The quantitative estimate of drug-likeness (QED) is 0.889. The van der Waals surface area contributed by atoms with Crippen LogP contribution in [0, 0.1) is 6.92 Å². The van der Waals surface area contributed by atoms with Crippen molar-refractivity contribution in [1.82, 2.24) is 15.1 Å². The van der Waals surface area contributed by atoms with Gasteiger partial charge in [-0.05, 0) is 34.6 Å². The predicted octanol–water partition coefficient (Wildman–Crippen LogP) is 2.38. The number of carboxylic acids is 1. The van der Waals surface area contributed by atoms with Gasteiger partial charge in [-0.1, -0.05) is 11.6 Å². The molecule has 0 aliphatic rings. The van der Waals surface area contributed by atoms with Gasteiger partial charge in [-0.2, -0.15) is 5.10 Å². The fourth-order valence-electron chi connectivity index (χ4n) is 1.78. The topological polar surface area (TPSA) is 93.5 Å². The summed E-state index contributed by atoms with van der Waals surface area (Å²) >= 11 is 5.91. The molecular formula is C13H20ClN3O4. The molecule has 0 aliphatic heterocycles. The number of carboxylic acid groups (broad SMARTS) is 1. The van der Waals surface area contributed by atoms with Gasteiger partial charge in [0, 0.05) is 0 Å². The molecule has 2 atom stereocenters. The summed E-state index contributed by atoms with van der Waals surface area (Å²) in [7, 11) is 0. The van der Waals surface area contributed by atoms with Crippen LogP contribution in [-0.2, 0) is 9.53 Å². The van der Waals surface area contributed by atoms with Crippen molar-refractivity contribution >= 4 is 23.7 Å². The summed E-state index contributed by atoms with van der Waals surface area (Å²) in [6.07, 6.45) is 0.636. The molecule has 7 nitrogen and oxygen atoms in total. The summed E-state index contributed by atoms with van der Waals surface area (Å²) in [5, 5.41) is 16.1. The second-order valence-electron chi connectivity index (χ2n) is 5.73. The maximum Gasteiger partial charge on any atom is 0.408 e. The number of alkyl carbamates (subject to hydrolysis) is 1. The zero-order chi connectivity index (χ0) is 16.4. The van der Waals surface area contributed by atoms with E-state index in [2.05, 4.69) is 10.4 Å². The fraction of sp³-hybridized carbons (Fsp3) is 0.615. The van der Waals surface area contributed by atoms with E-state index in [4.69, 9.17) is 16.3 Å². The first-order chi connectivity index (χ1) is 9.53. The van der Waals surface area contributed by atoms with Gasteiger partial charge in [0.25, 0.3) is 0 Å². The monoisotopic (exact) mass is 317 g/mol. The molecule has 0 radical (unpaired) electrons. The van der Waals surface area contributed by atoms with Gasteiger partial charge in [-0.25, -0.2) is 9.59 Å². The Bertz CT molecular complexity index is 536. The van der Waals surface area contributed by atoms with Gasteiger partial charge in [-0.3, -0.25) is 4.68 Å². The molecule has 1 aromatic rings. The Morgan fingerprint density at radius 1 is 1.48 bits per heavy atom. The molecule has 1 rings (SSSR count). The number of halogens is 1. The third-order valence-corrected chi connectivity index (χ3v) is 3.16. The Morgan fingerprint density at radius 3 is 2.43 bits per heavy atom. The minimum Gasteiger partial charge on any atom is -0.480 e.